The minimum absolute atomic E-state index is 0.0518. The van der Waals surface area contributed by atoms with Gasteiger partial charge < -0.3 is 10.2 Å². The van der Waals surface area contributed by atoms with Gasteiger partial charge in [0, 0.05) is 19.2 Å². The second kappa shape index (κ2) is 7.94. The molecule has 1 aliphatic rings. The molecule has 116 valence electrons. The van der Waals surface area contributed by atoms with Gasteiger partial charge >= 0.3 is 0 Å². The molecule has 1 heterocycles. The van der Waals surface area contributed by atoms with Crippen LogP contribution in [0.15, 0.2) is 24.3 Å². The van der Waals surface area contributed by atoms with Gasteiger partial charge in [-0.2, -0.15) is 0 Å². The molecular formula is C16H23NO3S. The fraction of sp³-hybridized carbons (Fsp3) is 0.562. The van der Waals surface area contributed by atoms with E-state index in [9.17, 15) is 15.0 Å². The predicted octanol–water partition coefficient (Wildman–Crippen LogP) is 1.96. The Morgan fingerprint density at radius 2 is 2.05 bits per heavy atom. The Morgan fingerprint density at radius 1 is 1.33 bits per heavy atom. The van der Waals surface area contributed by atoms with Gasteiger partial charge in [-0.3, -0.25) is 9.69 Å². The van der Waals surface area contributed by atoms with E-state index < -0.39 is 12.2 Å². The number of hydrogen-bond acceptors (Lipinski definition) is 5. The molecule has 0 radical (unpaired) electrons. The number of carbonyl (C=O) groups is 1. The van der Waals surface area contributed by atoms with E-state index in [0.29, 0.717) is 5.56 Å². The van der Waals surface area contributed by atoms with Crippen LogP contribution < -0.4 is 0 Å². The smallest absolute Gasteiger partial charge is 0.185 e. The van der Waals surface area contributed by atoms with Crippen LogP contribution >= 0.6 is 11.8 Å². The highest BCUT2D eigenvalue weighted by molar-refractivity contribution is 8.13. The Kier molecular flexibility index (Phi) is 6.23. The number of rotatable bonds is 6. The van der Waals surface area contributed by atoms with Gasteiger partial charge in [0.1, 0.15) is 6.10 Å². The van der Waals surface area contributed by atoms with Gasteiger partial charge in [-0.1, -0.05) is 36.0 Å². The summed E-state index contributed by atoms with van der Waals surface area (Å²) in [5.74, 6) is 0.215. The number of carbonyl (C=O) groups excluding carboxylic acids is 1. The highest BCUT2D eigenvalue weighted by Gasteiger charge is 2.20. The van der Waals surface area contributed by atoms with E-state index in [0.717, 1.165) is 37.0 Å². The molecule has 0 aliphatic carbocycles. The molecule has 1 aromatic rings. The number of hydrogen-bond donors (Lipinski definition) is 2. The average Bonchev–Trinajstić information content (AvgIpc) is 2.97. The third-order valence-corrected chi connectivity index (χ3v) is 4.63. The number of benzene rings is 1. The average molecular weight is 309 g/mol. The zero-order chi connectivity index (χ0) is 15.2. The summed E-state index contributed by atoms with van der Waals surface area (Å²) in [6.45, 7) is 4.61. The lowest BCUT2D eigenvalue weighted by Crippen LogP contribution is -2.22. The van der Waals surface area contributed by atoms with Crippen molar-refractivity contribution in [3.8, 4) is 0 Å². The maximum absolute atomic E-state index is 10.9. The van der Waals surface area contributed by atoms with E-state index in [1.54, 1.807) is 0 Å². The maximum atomic E-state index is 10.9. The number of likely N-dealkylation sites (tertiary alicyclic amines) is 1. The summed E-state index contributed by atoms with van der Waals surface area (Å²) in [5, 5.41) is 20.1. The van der Waals surface area contributed by atoms with Gasteiger partial charge in [0.05, 0.1) is 6.10 Å². The van der Waals surface area contributed by atoms with Gasteiger partial charge in [0.25, 0.3) is 0 Å². The molecule has 0 aromatic heterocycles. The van der Waals surface area contributed by atoms with Crippen molar-refractivity contribution in [3.63, 3.8) is 0 Å². The second-order valence-electron chi connectivity index (χ2n) is 5.54. The first-order chi connectivity index (χ1) is 10.1. The normalized spacial score (nSPS) is 18.6. The highest BCUT2D eigenvalue weighted by Crippen LogP contribution is 2.22. The first-order valence-electron chi connectivity index (χ1n) is 7.37. The van der Waals surface area contributed by atoms with Crippen molar-refractivity contribution in [2.24, 2.45) is 0 Å². The quantitative estimate of drug-likeness (QED) is 0.841. The van der Waals surface area contributed by atoms with E-state index in [1.807, 2.05) is 24.3 Å². The first-order valence-corrected chi connectivity index (χ1v) is 8.35. The van der Waals surface area contributed by atoms with E-state index in [2.05, 4.69) is 4.90 Å². The zero-order valence-electron chi connectivity index (χ0n) is 12.4. The first kappa shape index (κ1) is 16.5. The van der Waals surface area contributed by atoms with Crippen LogP contribution in [0.2, 0.25) is 0 Å². The molecule has 0 spiro atoms. The summed E-state index contributed by atoms with van der Waals surface area (Å²) in [4.78, 5) is 13.3. The molecule has 1 aromatic carbocycles. The van der Waals surface area contributed by atoms with E-state index in [4.69, 9.17) is 0 Å². The van der Waals surface area contributed by atoms with Crippen LogP contribution in [-0.4, -0.2) is 45.2 Å². The van der Waals surface area contributed by atoms with Crippen molar-refractivity contribution >= 4 is 16.9 Å². The maximum Gasteiger partial charge on any atom is 0.185 e. The molecule has 0 bridgehead atoms. The highest BCUT2D eigenvalue weighted by atomic mass is 32.2. The molecule has 4 nitrogen and oxygen atoms in total. The van der Waals surface area contributed by atoms with Gasteiger partial charge in [-0.25, -0.2) is 0 Å². The molecule has 0 amide bonds. The molecule has 2 N–H and O–H groups in total. The predicted molar refractivity (Wildman–Crippen MR) is 85.1 cm³/mol. The molecule has 0 saturated carbocycles. The van der Waals surface area contributed by atoms with Gasteiger partial charge in [0.15, 0.2) is 5.12 Å². The third-order valence-electron chi connectivity index (χ3n) is 3.72. The minimum atomic E-state index is -0.949. The van der Waals surface area contributed by atoms with Crippen LogP contribution in [0.3, 0.4) is 0 Å². The SMILES string of the molecule is CC(=O)SCC(O)C(O)c1cccc(CN2CCCC2)c1. The summed E-state index contributed by atoms with van der Waals surface area (Å²) >= 11 is 1.04. The lowest BCUT2D eigenvalue weighted by Gasteiger charge is -2.19. The molecule has 2 atom stereocenters. The number of nitrogens with zero attached hydrogens (tertiary/aromatic N) is 1. The second-order valence-corrected chi connectivity index (χ2v) is 6.74. The van der Waals surface area contributed by atoms with Crippen LogP contribution in [0, 0.1) is 0 Å². The summed E-state index contributed by atoms with van der Waals surface area (Å²) < 4.78 is 0. The lowest BCUT2D eigenvalue weighted by molar-refractivity contribution is -0.109. The van der Waals surface area contributed by atoms with Crippen LogP contribution in [0.1, 0.15) is 37.0 Å². The third kappa shape index (κ3) is 5.11. The minimum Gasteiger partial charge on any atom is -0.389 e. The van der Waals surface area contributed by atoms with E-state index >= 15 is 0 Å². The molecular weight excluding hydrogens is 286 g/mol. The molecule has 1 fully saturated rings. The Balaban J connectivity index is 1.96. The molecule has 2 rings (SSSR count). The molecule has 1 saturated heterocycles. The topological polar surface area (TPSA) is 60.8 Å². The van der Waals surface area contributed by atoms with Crippen LogP contribution in [-0.2, 0) is 11.3 Å². The summed E-state index contributed by atoms with van der Waals surface area (Å²) in [6, 6.07) is 7.73. The molecule has 2 unspecified atom stereocenters. The molecule has 21 heavy (non-hydrogen) atoms. The fourth-order valence-corrected chi connectivity index (χ4v) is 3.18. The van der Waals surface area contributed by atoms with Crippen molar-refractivity contribution < 1.29 is 15.0 Å². The zero-order valence-corrected chi connectivity index (χ0v) is 13.2. The van der Waals surface area contributed by atoms with Gasteiger partial charge in [-0.15, -0.1) is 0 Å². The van der Waals surface area contributed by atoms with Crippen molar-refractivity contribution in [1.29, 1.82) is 0 Å². The van der Waals surface area contributed by atoms with Crippen LogP contribution in [0.5, 0.6) is 0 Å². The monoisotopic (exact) mass is 309 g/mol. The molecule has 5 heteroatoms. The number of thioether (sulfide) groups is 1. The summed E-state index contributed by atoms with van der Waals surface area (Å²) in [7, 11) is 0. The standard InChI is InChI=1S/C16H23NO3S/c1-12(18)21-11-15(19)16(20)14-6-4-5-13(9-14)10-17-7-2-3-8-17/h4-6,9,15-16,19-20H,2-3,7-8,10-11H2,1H3. The van der Waals surface area contributed by atoms with Crippen molar-refractivity contribution in [2.45, 2.75) is 38.5 Å². The van der Waals surface area contributed by atoms with E-state index in [1.165, 1.54) is 19.8 Å². The van der Waals surface area contributed by atoms with Crippen molar-refractivity contribution in [2.75, 3.05) is 18.8 Å². The Hall–Kier alpha value is -0.880. The molecule has 1 aliphatic heterocycles. The van der Waals surface area contributed by atoms with Gasteiger partial charge in [-0.05, 0) is 37.1 Å². The Morgan fingerprint density at radius 3 is 2.71 bits per heavy atom. The lowest BCUT2D eigenvalue weighted by atomic mass is 10.0. The van der Waals surface area contributed by atoms with Crippen molar-refractivity contribution in [1.82, 2.24) is 4.90 Å². The number of aliphatic hydroxyl groups is 2. The van der Waals surface area contributed by atoms with E-state index in [-0.39, 0.29) is 10.9 Å². The summed E-state index contributed by atoms with van der Waals surface area (Å²) in [5.41, 5.74) is 1.86. The Bertz CT molecular complexity index is 474. The van der Waals surface area contributed by atoms with Crippen molar-refractivity contribution in [3.05, 3.63) is 35.4 Å². The Labute approximate surface area is 130 Å². The summed E-state index contributed by atoms with van der Waals surface area (Å²) in [6.07, 6.45) is 0.628. The van der Waals surface area contributed by atoms with Crippen LogP contribution in [0.25, 0.3) is 0 Å². The fourth-order valence-electron chi connectivity index (χ4n) is 2.59. The number of aliphatic hydroxyl groups excluding tert-OH is 2. The van der Waals surface area contributed by atoms with Crippen LogP contribution in [0.4, 0.5) is 0 Å². The largest absolute Gasteiger partial charge is 0.389 e. The van der Waals surface area contributed by atoms with Gasteiger partial charge in [0.2, 0.25) is 0 Å².